The smallest absolute Gasteiger partial charge is 0.124 e. The Balaban J connectivity index is 2.05. The summed E-state index contributed by atoms with van der Waals surface area (Å²) in [6, 6.07) is 4.90. The van der Waals surface area contributed by atoms with Crippen LogP contribution in [0.15, 0.2) is 22.7 Å². The minimum absolute atomic E-state index is 0.227. The highest BCUT2D eigenvalue weighted by Crippen LogP contribution is 2.23. The van der Waals surface area contributed by atoms with Crippen LogP contribution in [-0.2, 0) is 6.54 Å². The minimum Gasteiger partial charge on any atom is -0.389 e. The first-order valence-electron chi connectivity index (χ1n) is 5.34. The van der Waals surface area contributed by atoms with Crippen LogP contribution in [0.4, 0.5) is 4.39 Å². The molecule has 0 saturated carbocycles. The van der Waals surface area contributed by atoms with E-state index in [2.05, 4.69) is 20.8 Å². The van der Waals surface area contributed by atoms with Gasteiger partial charge in [-0.05, 0) is 37.1 Å². The molecule has 0 amide bonds. The monoisotopic (exact) mass is 287 g/mol. The molecule has 1 atom stereocenters. The van der Waals surface area contributed by atoms with Crippen LogP contribution in [0.5, 0.6) is 0 Å². The van der Waals surface area contributed by atoms with Crippen LogP contribution in [0.25, 0.3) is 0 Å². The highest BCUT2D eigenvalue weighted by atomic mass is 79.9. The van der Waals surface area contributed by atoms with Crippen LogP contribution >= 0.6 is 15.9 Å². The minimum atomic E-state index is -0.593. The van der Waals surface area contributed by atoms with Crippen molar-refractivity contribution in [2.24, 2.45) is 0 Å². The first-order chi connectivity index (χ1) is 7.44. The lowest BCUT2D eigenvalue weighted by atomic mass is 10.1. The predicted octanol–water partition coefficient (Wildman–Crippen LogP) is 2.54. The topological polar surface area (TPSA) is 23.5 Å². The van der Waals surface area contributed by atoms with Gasteiger partial charge in [0.05, 0.1) is 5.60 Å². The van der Waals surface area contributed by atoms with Gasteiger partial charge >= 0.3 is 0 Å². The van der Waals surface area contributed by atoms with E-state index in [1.54, 1.807) is 0 Å². The molecule has 1 aromatic rings. The molecule has 16 heavy (non-hydrogen) atoms. The van der Waals surface area contributed by atoms with Gasteiger partial charge in [-0.25, -0.2) is 4.39 Å². The zero-order chi connectivity index (χ0) is 11.8. The van der Waals surface area contributed by atoms with E-state index < -0.39 is 5.60 Å². The molecule has 1 aromatic carbocycles. The second kappa shape index (κ2) is 4.43. The summed E-state index contributed by atoms with van der Waals surface area (Å²) in [4.78, 5) is 2.14. The van der Waals surface area contributed by atoms with Crippen LogP contribution in [-0.4, -0.2) is 28.7 Å². The molecule has 1 aliphatic heterocycles. The SMILES string of the molecule is CC1(O)CCN(Cc2cc(F)cc(Br)c2)C1. The van der Waals surface area contributed by atoms with Crippen molar-refractivity contribution in [3.8, 4) is 0 Å². The number of β-amino-alcohol motifs (C(OH)–C–C–N with tert-alkyl or cyclic N) is 1. The number of rotatable bonds is 2. The van der Waals surface area contributed by atoms with E-state index in [-0.39, 0.29) is 5.82 Å². The van der Waals surface area contributed by atoms with E-state index in [4.69, 9.17) is 0 Å². The molecular weight excluding hydrogens is 273 g/mol. The second-order valence-corrected chi connectivity index (χ2v) is 5.65. The third-order valence-corrected chi connectivity index (χ3v) is 3.32. The molecule has 2 nitrogen and oxygen atoms in total. The molecule has 0 aromatic heterocycles. The third-order valence-electron chi connectivity index (χ3n) is 2.86. The van der Waals surface area contributed by atoms with Crippen LogP contribution in [0.2, 0.25) is 0 Å². The normalized spacial score (nSPS) is 26.2. The van der Waals surface area contributed by atoms with Crippen LogP contribution in [0.3, 0.4) is 0 Å². The average Bonchev–Trinajstić information content (AvgIpc) is 2.43. The van der Waals surface area contributed by atoms with E-state index in [1.165, 1.54) is 12.1 Å². The zero-order valence-electron chi connectivity index (χ0n) is 9.21. The van der Waals surface area contributed by atoms with Crippen molar-refractivity contribution in [1.82, 2.24) is 4.90 Å². The van der Waals surface area contributed by atoms with Crippen molar-refractivity contribution in [1.29, 1.82) is 0 Å². The van der Waals surface area contributed by atoms with Gasteiger partial charge in [0.15, 0.2) is 0 Å². The number of benzene rings is 1. The highest BCUT2D eigenvalue weighted by molar-refractivity contribution is 9.10. The van der Waals surface area contributed by atoms with E-state index in [0.717, 1.165) is 23.0 Å². The van der Waals surface area contributed by atoms with Gasteiger partial charge in [0.2, 0.25) is 0 Å². The summed E-state index contributed by atoms with van der Waals surface area (Å²) >= 11 is 3.28. The summed E-state index contributed by atoms with van der Waals surface area (Å²) in [6.07, 6.45) is 0.781. The van der Waals surface area contributed by atoms with Crippen LogP contribution < -0.4 is 0 Å². The summed E-state index contributed by atoms with van der Waals surface area (Å²) in [5.41, 5.74) is 0.342. The number of likely N-dealkylation sites (tertiary alicyclic amines) is 1. The number of hydrogen-bond donors (Lipinski definition) is 1. The Hall–Kier alpha value is -0.450. The Kier molecular flexibility index (Phi) is 3.33. The average molecular weight is 288 g/mol. The largest absolute Gasteiger partial charge is 0.389 e. The molecule has 0 aliphatic carbocycles. The fraction of sp³-hybridized carbons (Fsp3) is 0.500. The fourth-order valence-corrected chi connectivity index (χ4v) is 2.65. The Morgan fingerprint density at radius 3 is 2.81 bits per heavy atom. The standard InChI is InChI=1S/C12H15BrFNO/c1-12(16)2-3-15(8-12)7-9-4-10(13)6-11(14)5-9/h4-6,16H,2-3,7-8H2,1H3. The lowest BCUT2D eigenvalue weighted by Crippen LogP contribution is -2.29. The molecule has 1 saturated heterocycles. The first-order valence-corrected chi connectivity index (χ1v) is 6.14. The Bertz CT molecular complexity index is 374. The Labute approximate surface area is 103 Å². The third kappa shape index (κ3) is 3.03. The molecule has 0 spiro atoms. The van der Waals surface area contributed by atoms with Gasteiger partial charge in [-0.3, -0.25) is 4.90 Å². The predicted molar refractivity (Wildman–Crippen MR) is 64.6 cm³/mol. The highest BCUT2D eigenvalue weighted by Gasteiger charge is 2.30. The number of hydrogen-bond acceptors (Lipinski definition) is 2. The van der Waals surface area contributed by atoms with Crippen LogP contribution in [0, 0.1) is 5.82 Å². The van der Waals surface area contributed by atoms with Crippen molar-refractivity contribution in [2.75, 3.05) is 13.1 Å². The van der Waals surface area contributed by atoms with Crippen molar-refractivity contribution >= 4 is 15.9 Å². The van der Waals surface area contributed by atoms with E-state index in [1.807, 2.05) is 13.0 Å². The molecular formula is C12H15BrFNO. The van der Waals surface area contributed by atoms with Crippen LogP contribution in [0.1, 0.15) is 18.9 Å². The molecule has 4 heteroatoms. The molecule has 0 radical (unpaired) electrons. The summed E-state index contributed by atoms with van der Waals surface area (Å²) in [7, 11) is 0. The van der Waals surface area contributed by atoms with Gasteiger partial charge in [0.25, 0.3) is 0 Å². The zero-order valence-corrected chi connectivity index (χ0v) is 10.8. The quantitative estimate of drug-likeness (QED) is 0.904. The number of aliphatic hydroxyl groups is 1. The lowest BCUT2D eigenvalue weighted by molar-refractivity contribution is 0.0679. The molecule has 1 N–H and O–H groups in total. The van der Waals surface area contributed by atoms with Crippen molar-refractivity contribution < 1.29 is 9.50 Å². The maximum absolute atomic E-state index is 13.2. The van der Waals surface area contributed by atoms with Gasteiger partial charge in [-0.15, -0.1) is 0 Å². The maximum Gasteiger partial charge on any atom is 0.124 e. The first kappa shape index (κ1) is 12.0. The molecule has 1 heterocycles. The van der Waals surface area contributed by atoms with Gasteiger partial charge in [0.1, 0.15) is 5.82 Å². The molecule has 1 fully saturated rings. The molecule has 88 valence electrons. The number of halogens is 2. The van der Waals surface area contributed by atoms with Gasteiger partial charge in [0, 0.05) is 24.1 Å². The lowest BCUT2D eigenvalue weighted by Gasteiger charge is -2.18. The summed E-state index contributed by atoms with van der Waals surface area (Å²) in [6.45, 7) is 4.04. The summed E-state index contributed by atoms with van der Waals surface area (Å²) in [5, 5.41) is 9.83. The van der Waals surface area contributed by atoms with Gasteiger partial charge in [-0.2, -0.15) is 0 Å². The Morgan fingerprint density at radius 1 is 1.50 bits per heavy atom. The molecule has 1 aliphatic rings. The van der Waals surface area contributed by atoms with E-state index in [0.29, 0.717) is 13.1 Å². The van der Waals surface area contributed by atoms with Gasteiger partial charge < -0.3 is 5.11 Å². The Morgan fingerprint density at radius 2 is 2.25 bits per heavy atom. The maximum atomic E-state index is 13.2. The second-order valence-electron chi connectivity index (χ2n) is 4.74. The van der Waals surface area contributed by atoms with Crippen molar-refractivity contribution in [3.63, 3.8) is 0 Å². The molecule has 2 rings (SSSR count). The van der Waals surface area contributed by atoms with Crippen molar-refractivity contribution in [3.05, 3.63) is 34.1 Å². The van der Waals surface area contributed by atoms with Crippen molar-refractivity contribution in [2.45, 2.75) is 25.5 Å². The van der Waals surface area contributed by atoms with E-state index in [9.17, 15) is 9.50 Å². The molecule has 0 bridgehead atoms. The van der Waals surface area contributed by atoms with Gasteiger partial charge in [-0.1, -0.05) is 15.9 Å². The fourth-order valence-electron chi connectivity index (χ4n) is 2.13. The number of nitrogens with zero attached hydrogens (tertiary/aromatic N) is 1. The summed E-state index contributed by atoms with van der Waals surface area (Å²) in [5.74, 6) is -0.227. The van der Waals surface area contributed by atoms with E-state index >= 15 is 0 Å². The summed E-state index contributed by atoms with van der Waals surface area (Å²) < 4.78 is 13.9. The molecule has 1 unspecified atom stereocenters.